The van der Waals surface area contributed by atoms with Crippen LogP contribution in [0.2, 0.25) is 0 Å². The Hall–Kier alpha value is -2.09. The van der Waals surface area contributed by atoms with E-state index < -0.39 is 0 Å². The number of pyridine rings is 1. The van der Waals surface area contributed by atoms with Gasteiger partial charge in [-0.3, -0.25) is 4.79 Å². The smallest absolute Gasteiger partial charge is 0.314 e. The van der Waals surface area contributed by atoms with E-state index in [0.717, 1.165) is 51.4 Å². The molecule has 0 spiro atoms. The molecule has 1 saturated carbocycles. The molecule has 160 valence electrons. The molecule has 5 nitrogen and oxygen atoms in total. The number of rotatable bonds is 12. The van der Waals surface area contributed by atoms with Gasteiger partial charge in [0.1, 0.15) is 5.75 Å². The summed E-state index contributed by atoms with van der Waals surface area (Å²) in [5, 5.41) is 9.72. The summed E-state index contributed by atoms with van der Waals surface area (Å²) in [4.78, 5) is 16.7. The Morgan fingerprint density at radius 1 is 1.14 bits per heavy atom. The second kappa shape index (κ2) is 12.5. The third-order valence-corrected chi connectivity index (χ3v) is 5.95. The topological polar surface area (TPSA) is 72.2 Å². The summed E-state index contributed by atoms with van der Waals surface area (Å²) in [5.41, 5.74) is -0.248. The molecule has 1 aromatic heterocycles. The molecule has 0 amide bonds. The van der Waals surface area contributed by atoms with E-state index in [1.54, 1.807) is 12.1 Å². The van der Waals surface area contributed by atoms with Crippen LogP contribution in [0, 0.1) is 22.7 Å². The van der Waals surface area contributed by atoms with Gasteiger partial charge >= 0.3 is 5.97 Å². The number of carbonyl (C=O) groups excluding carboxylic acids is 1. The lowest BCUT2D eigenvalue weighted by molar-refractivity contribution is -0.140. The van der Waals surface area contributed by atoms with Crippen molar-refractivity contribution in [2.45, 2.75) is 90.9 Å². The van der Waals surface area contributed by atoms with Gasteiger partial charge in [-0.2, -0.15) is 5.26 Å². The molecule has 29 heavy (non-hydrogen) atoms. The number of nitriles is 1. The van der Waals surface area contributed by atoms with Crippen molar-refractivity contribution in [3.8, 4) is 17.7 Å². The zero-order valence-electron chi connectivity index (χ0n) is 18.1. The van der Waals surface area contributed by atoms with Crippen molar-refractivity contribution in [3.63, 3.8) is 0 Å². The van der Waals surface area contributed by atoms with Crippen LogP contribution in [0.4, 0.5) is 0 Å². The lowest BCUT2D eigenvalue weighted by Gasteiger charge is -2.34. The van der Waals surface area contributed by atoms with Gasteiger partial charge in [0, 0.05) is 6.07 Å². The number of esters is 1. The maximum atomic E-state index is 12.5. The first-order chi connectivity index (χ1) is 14.1. The number of unbranched alkanes of at least 4 members (excludes halogenated alkanes) is 5. The first kappa shape index (κ1) is 23.2. The number of carbonyl (C=O) groups is 1. The summed E-state index contributed by atoms with van der Waals surface area (Å²) < 4.78 is 11.1. The molecular formula is C24H36N2O3. The molecule has 0 aliphatic heterocycles. The van der Waals surface area contributed by atoms with Crippen molar-refractivity contribution < 1.29 is 14.3 Å². The number of ether oxygens (including phenoxy) is 2. The van der Waals surface area contributed by atoms with E-state index in [2.05, 4.69) is 24.9 Å². The molecule has 1 fully saturated rings. The fraction of sp³-hybridized carbons (Fsp3) is 0.708. The molecular weight excluding hydrogens is 364 g/mol. The van der Waals surface area contributed by atoms with Gasteiger partial charge in [-0.25, -0.2) is 4.98 Å². The highest BCUT2D eigenvalue weighted by molar-refractivity contribution is 5.75. The molecule has 0 atom stereocenters. The zero-order chi connectivity index (χ0) is 21.0. The van der Waals surface area contributed by atoms with Crippen molar-refractivity contribution in [1.82, 2.24) is 4.98 Å². The van der Waals surface area contributed by atoms with Crippen molar-refractivity contribution in [1.29, 1.82) is 5.26 Å². The molecule has 1 aliphatic rings. The largest absolute Gasteiger partial charge is 0.478 e. The van der Waals surface area contributed by atoms with Gasteiger partial charge in [0.15, 0.2) is 0 Å². The Kier molecular flexibility index (Phi) is 9.97. The van der Waals surface area contributed by atoms with Crippen LogP contribution in [0.3, 0.4) is 0 Å². The maximum Gasteiger partial charge on any atom is 0.314 e. The van der Waals surface area contributed by atoms with Crippen molar-refractivity contribution in [2.75, 3.05) is 6.61 Å². The summed E-state index contributed by atoms with van der Waals surface area (Å²) >= 11 is 0. The normalized spacial score (nSPS) is 21.3. The Bertz CT molecular complexity index is 643. The zero-order valence-corrected chi connectivity index (χ0v) is 18.1. The standard InChI is InChI=1S/C24H36N2O3/c1-3-5-7-8-9-14-24(19-25)15-12-20(13-16-24)23(27)29-21-10-11-22(26-18-21)28-17-6-4-2/h10-11,18,20H,3-9,12-17H2,1-2H3/t20-,24-. The predicted molar refractivity (Wildman–Crippen MR) is 114 cm³/mol. The number of hydrogen-bond acceptors (Lipinski definition) is 5. The first-order valence-corrected chi connectivity index (χ1v) is 11.3. The van der Waals surface area contributed by atoms with Crippen LogP contribution < -0.4 is 9.47 Å². The second-order valence-corrected chi connectivity index (χ2v) is 8.29. The highest BCUT2D eigenvalue weighted by atomic mass is 16.5. The van der Waals surface area contributed by atoms with E-state index in [0.29, 0.717) is 18.2 Å². The molecule has 0 bridgehead atoms. The van der Waals surface area contributed by atoms with Crippen LogP contribution in [0.5, 0.6) is 11.6 Å². The fourth-order valence-corrected chi connectivity index (χ4v) is 3.92. The first-order valence-electron chi connectivity index (χ1n) is 11.3. The van der Waals surface area contributed by atoms with E-state index in [1.807, 2.05) is 0 Å². The van der Waals surface area contributed by atoms with Crippen LogP contribution in [0.15, 0.2) is 18.3 Å². The van der Waals surface area contributed by atoms with Crippen molar-refractivity contribution in [3.05, 3.63) is 18.3 Å². The average Bonchev–Trinajstić information content (AvgIpc) is 2.75. The molecule has 1 heterocycles. The molecule has 0 aromatic carbocycles. The van der Waals surface area contributed by atoms with Gasteiger partial charge < -0.3 is 9.47 Å². The summed E-state index contributed by atoms with van der Waals surface area (Å²) in [5.74, 6) is 0.664. The number of aromatic nitrogens is 1. The quantitative estimate of drug-likeness (QED) is 0.307. The van der Waals surface area contributed by atoms with Crippen molar-refractivity contribution in [2.24, 2.45) is 11.3 Å². The van der Waals surface area contributed by atoms with Crippen LogP contribution >= 0.6 is 0 Å². The van der Waals surface area contributed by atoms with Gasteiger partial charge in [-0.15, -0.1) is 0 Å². The Morgan fingerprint density at radius 3 is 2.48 bits per heavy atom. The number of nitrogens with zero attached hydrogens (tertiary/aromatic N) is 2. The van der Waals surface area contributed by atoms with E-state index in [9.17, 15) is 10.1 Å². The molecule has 1 aromatic rings. The van der Waals surface area contributed by atoms with Crippen LogP contribution in [-0.2, 0) is 4.79 Å². The molecule has 0 N–H and O–H groups in total. The molecule has 1 aliphatic carbocycles. The van der Waals surface area contributed by atoms with Gasteiger partial charge in [-0.05, 0) is 44.6 Å². The lowest BCUT2D eigenvalue weighted by Crippen LogP contribution is -2.31. The Labute approximate surface area is 175 Å². The number of hydrogen-bond donors (Lipinski definition) is 0. The van der Waals surface area contributed by atoms with Crippen molar-refractivity contribution >= 4 is 5.97 Å². The summed E-state index contributed by atoms with van der Waals surface area (Å²) in [7, 11) is 0. The van der Waals surface area contributed by atoms with Crippen LogP contribution in [0.1, 0.15) is 90.9 Å². The summed E-state index contributed by atoms with van der Waals surface area (Å²) in [6.45, 7) is 4.96. The minimum Gasteiger partial charge on any atom is -0.478 e. The highest BCUT2D eigenvalue weighted by Crippen LogP contribution is 2.42. The van der Waals surface area contributed by atoms with E-state index in [1.165, 1.54) is 31.9 Å². The summed E-state index contributed by atoms with van der Waals surface area (Å²) in [6, 6.07) is 6.03. The minimum atomic E-state index is -0.248. The molecule has 2 rings (SSSR count). The fourth-order valence-electron chi connectivity index (χ4n) is 3.92. The third kappa shape index (κ3) is 7.68. The minimum absolute atomic E-state index is 0.128. The SMILES string of the molecule is CCCCCCC[C@]1(C#N)CC[C@H](C(=O)Oc2ccc(OCCCC)nc2)CC1. The molecule has 0 radical (unpaired) electrons. The van der Waals surface area contributed by atoms with Crippen LogP contribution in [0.25, 0.3) is 0 Å². The predicted octanol–water partition coefficient (Wildman–Crippen LogP) is 6.23. The molecule has 5 heteroatoms. The van der Waals surface area contributed by atoms with Crippen LogP contribution in [-0.4, -0.2) is 17.6 Å². The molecule has 0 unspecified atom stereocenters. The molecule has 0 saturated heterocycles. The Balaban J connectivity index is 1.76. The summed E-state index contributed by atoms with van der Waals surface area (Å²) in [6.07, 6.45) is 13.7. The van der Waals surface area contributed by atoms with E-state index >= 15 is 0 Å². The maximum absolute atomic E-state index is 12.5. The van der Waals surface area contributed by atoms with Gasteiger partial charge in [0.05, 0.1) is 30.2 Å². The lowest BCUT2D eigenvalue weighted by atomic mass is 9.69. The second-order valence-electron chi connectivity index (χ2n) is 8.29. The Morgan fingerprint density at radius 2 is 1.86 bits per heavy atom. The van der Waals surface area contributed by atoms with Gasteiger partial charge in [-0.1, -0.05) is 52.4 Å². The average molecular weight is 401 g/mol. The van der Waals surface area contributed by atoms with E-state index in [-0.39, 0.29) is 17.3 Å². The van der Waals surface area contributed by atoms with Gasteiger partial charge in [0.2, 0.25) is 5.88 Å². The monoisotopic (exact) mass is 400 g/mol. The highest BCUT2D eigenvalue weighted by Gasteiger charge is 2.37. The van der Waals surface area contributed by atoms with E-state index in [4.69, 9.17) is 9.47 Å². The third-order valence-electron chi connectivity index (χ3n) is 5.95. The van der Waals surface area contributed by atoms with Gasteiger partial charge in [0.25, 0.3) is 0 Å².